The van der Waals surface area contributed by atoms with Crippen LogP contribution in [0.5, 0.6) is 0 Å². The van der Waals surface area contributed by atoms with Crippen LogP contribution in [-0.2, 0) is 9.47 Å². The molecule has 0 fully saturated rings. The summed E-state index contributed by atoms with van der Waals surface area (Å²) in [5.74, 6) is -0.801. The molecule has 0 aliphatic carbocycles. The van der Waals surface area contributed by atoms with Crippen molar-refractivity contribution in [3.05, 3.63) is 0 Å². The predicted octanol–water partition coefficient (Wildman–Crippen LogP) is 0.170. The Bertz CT molecular complexity index is 124. The third-order valence-corrected chi connectivity index (χ3v) is 1.66. The molecule has 0 aromatic carbocycles. The molecule has 0 unspecified atom stereocenters. The number of hydrogen-bond acceptors (Lipinski definition) is 5. The molecule has 1 aliphatic heterocycles. The largest absolute Gasteiger partial charge is 0.336 e. The molecule has 1 rings (SSSR count). The van der Waals surface area contributed by atoms with Crippen LogP contribution in [0, 0.1) is 0 Å². The summed E-state index contributed by atoms with van der Waals surface area (Å²) in [6, 6.07) is 0. The SMILES string of the molecule is COC1(OC)C=NSN1. The number of methoxy groups -OCH3 is 2. The molecule has 0 aromatic heterocycles. The van der Waals surface area contributed by atoms with Crippen molar-refractivity contribution in [2.75, 3.05) is 14.2 Å². The monoisotopic (exact) mass is 148 g/mol. The van der Waals surface area contributed by atoms with E-state index < -0.39 is 5.91 Å². The smallest absolute Gasteiger partial charge is 0.277 e. The molecule has 0 saturated carbocycles. The summed E-state index contributed by atoms with van der Waals surface area (Å²) in [6.07, 6.45) is 1.57. The highest BCUT2D eigenvalue weighted by molar-refractivity contribution is 7.96. The Hall–Kier alpha value is -0.100. The Morgan fingerprint density at radius 1 is 1.56 bits per heavy atom. The van der Waals surface area contributed by atoms with Crippen LogP contribution < -0.4 is 4.72 Å². The van der Waals surface area contributed by atoms with Crippen molar-refractivity contribution in [3.8, 4) is 0 Å². The molecule has 1 N–H and O–H groups in total. The highest BCUT2D eigenvalue weighted by Crippen LogP contribution is 2.16. The predicted molar refractivity (Wildman–Crippen MR) is 36.0 cm³/mol. The Balaban J connectivity index is 2.57. The summed E-state index contributed by atoms with van der Waals surface area (Å²) in [6.45, 7) is 0. The lowest BCUT2D eigenvalue weighted by Gasteiger charge is -2.20. The summed E-state index contributed by atoms with van der Waals surface area (Å²) < 4.78 is 16.5. The summed E-state index contributed by atoms with van der Waals surface area (Å²) >= 11 is 1.20. The molecule has 0 aromatic rings. The zero-order valence-corrected chi connectivity index (χ0v) is 6.07. The van der Waals surface area contributed by atoms with Crippen molar-refractivity contribution in [2.24, 2.45) is 4.40 Å². The maximum Gasteiger partial charge on any atom is 0.277 e. The van der Waals surface area contributed by atoms with Gasteiger partial charge in [-0.25, -0.2) is 4.40 Å². The molecule has 9 heavy (non-hydrogen) atoms. The fraction of sp³-hybridized carbons (Fsp3) is 0.750. The van der Waals surface area contributed by atoms with E-state index in [1.54, 1.807) is 20.4 Å². The molecule has 52 valence electrons. The molecule has 0 spiro atoms. The third kappa shape index (κ3) is 1.24. The van der Waals surface area contributed by atoms with Crippen molar-refractivity contribution >= 4 is 18.3 Å². The van der Waals surface area contributed by atoms with Crippen LogP contribution in [0.15, 0.2) is 4.40 Å². The van der Waals surface area contributed by atoms with Crippen molar-refractivity contribution in [3.63, 3.8) is 0 Å². The lowest BCUT2D eigenvalue weighted by Crippen LogP contribution is -2.43. The second-order valence-corrected chi connectivity index (χ2v) is 2.10. The summed E-state index contributed by atoms with van der Waals surface area (Å²) in [4.78, 5) is 0. The minimum absolute atomic E-state index is 0.801. The van der Waals surface area contributed by atoms with Gasteiger partial charge < -0.3 is 9.47 Å². The number of nitrogens with zero attached hydrogens (tertiary/aromatic N) is 1. The molecule has 0 amide bonds. The van der Waals surface area contributed by atoms with Crippen LogP contribution in [-0.4, -0.2) is 26.3 Å². The number of hydrogen-bond donors (Lipinski definition) is 1. The van der Waals surface area contributed by atoms with Crippen molar-refractivity contribution in [1.82, 2.24) is 4.72 Å². The van der Waals surface area contributed by atoms with E-state index in [2.05, 4.69) is 9.12 Å². The van der Waals surface area contributed by atoms with Gasteiger partial charge in [0.2, 0.25) is 0 Å². The van der Waals surface area contributed by atoms with Gasteiger partial charge in [-0.15, -0.1) is 0 Å². The first-order valence-corrected chi connectivity index (χ1v) is 3.18. The van der Waals surface area contributed by atoms with Crippen LogP contribution in [0.4, 0.5) is 0 Å². The van der Waals surface area contributed by atoms with E-state index in [9.17, 15) is 0 Å². The fourth-order valence-electron chi connectivity index (χ4n) is 0.484. The Labute approximate surface area is 57.9 Å². The average molecular weight is 148 g/mol. The molecule has 1 aliphatic rings. The first kappa shape index (κ1) is 7.01. The third-order valence-electron chi connectivity index (χ3n) is 1.07. The second kappa shape index (κ2) is 2.66. The Morgan fingerprint density at radius 2 is 2.22 bits per heavy atom. The molecular formula is C4H8N2O2S. The zero-order chi connectivity index (χ0) is 6.74. The Kier molecular flexibility index (Phi) is 2.07. The molecule has 0 saturated heterocycles. The molecule has 1 heterocycles. The van der Waals surface area contributed by atoms with Gasteiger partial charge in [-0.3, -0.25) is 0 Å². The van der Waals surface area contributed by atoms with Crippen LogP contribution in [0.1, 0.15) is 0 Å². The van der Waals surface area contributed by atoms with Gasteiger partial charge in [-0.05, 0) is 0 Å². The van der Waals surface area contributed by atoms with Crippen LogP contribution in [0.3, 0.4) is 0 Å². The van der Waals surface area contributed by atoms with Gasteiger partial charge in [0.15, 0.2) is 0 Å². The van der Waals surface area contributed by atoms with Gasteiger partial charge in [-0.2, -0.15) is 4.72 Å². The minimum atomic E-state index is -0.801. The highest BCUT2D eigenvalue weighted by Gasteiger charge is 2.30. The molecule has 4 nitrogen and oxygen atoms in total. The molecule has 5 heteroatoms. The molecule has 0 atom stereocenters. The quantitative estimate of drug-likeness (QED) is 0.448. The van der Waals surface area contributed by atoms with E-state index >= 15 is 0 Å². The van der Waals surface area contributed by atoms with Gasteiger partial charge >= 0.3 is 0 Å². The molecule has 0 bridgehead atoms. The van der Waals surface area contributed by atoms with E-state index in [0.29, 0.717) is 0 Å². The maximum atomic E-state index is 4.94. The number of ether oxygens (including phenoxy) is 2. The number of nitrogens with one attached hydrogen (secondary N) is 1. The van der Waals surface area contributed by atoms with Gasteiger partial charge in [0.05, 0.1) is 18.3 Å². The lowest BCUT2D eigenvalue weighted by molar-refractivity contribution is -0.153. The zero-order valence-electron chi connectivity index (χ0n) is 5.25. The van der Waals surface area contributed by atoms with Crippen LogP contribution in [0.2, 0.25) is 0 Å². The topological polar surface area (TPSA) is 42.9 Å². The minimum Gasteiger partial charge on any atom is -0.336 e. The second-order valence-electron chi connectivity index (χ2n) is 1.50. The molecule has 0 radical (unpaired) electrons. The van der Waals surface area contributed by atoms with Crippen LogP contribution in [0.25, 0.3) is 0 Å². The van der Waals surface area contributed by atoms with E-state index in [1.807, 2.05) is 0 Å². The van der Waals surface area contributed by atoms with Gasteiger partial charge in [0.25, 0.3) is 5.91 Å². The first-order valence-electron chi connectivity index (χ1n) is 2.41. The Morgan fingerprint density at radius 3 is 2.44 bits per heavy atom. The highest BCUT2D eigenvalue weighted by atomic mass is 32.2. The lowest BCUT2D eigenvalue weighted by atomic mass is 10.5. The normalized spacial score (nSPS) is 22.9. The summed E-state index contributed by atoms with van der Waals surface area (Å²) in [5.41, 5.74) is 0. The first-order chi connectivity index (χ1) is 4.33. The van der Waals surface area contributed by atoms with Gasteiger partial charge in [0.1, 0.15) is 0 Å². The molecular weight excluding hydrogens is 140 g/mol. The fourth-order valence-corrected chi connectivity index (χ4v) is 1.07. The summed E-state index contributed by atoms with van der Waals surface area (Å²) in [5, 5.41) is 0. The van der Waals surface area contributed by atoms with Gasteiger partial charge in [0, 0.05) is 14.2 Å². The maximum absolute atomic E-state index is 4.94. The number of rotatable bonds is 2. The standard InChI is InChI=1S/C4H8N2O2S/c1-7-4(8-2)3-5-9-6-4/h3,6H,1-2H3. The van der Waals surface area contributed by atoms with Crippen molar-refractivity contribution in [2.45, 2.75) is 5.91 Å². The van der Waals surface area contributed by atoms with Crippen molar-refractivity contribution in [1.29, 1.82) is 0 Å². The van der Waals surface area contributed by atoms with E-state index in [1.165, 1.54) is 12.1 Å². The average Bonchev–Trinajstić information content (AvgIpc) is 2.36. The van der Waals surface area contributed by atoms with E-state index in [0.717, 1.165) is 0 Å². The van der Waals surface area contributed by atoms with Crippen LogP contribution >= 0.6 is 12.1 Å². The van der Waals surface area contributed by atoms with Crippen molar-refractivity contribution < 1.29 is 9.47 Å². The summed E-state index contributed by atoms with van der Waals surface area (Å²) in [7, 11) is 3.10. The van der Waals surface area contributed by atoms with E-state index in [-0.39, 0.29) is 0 Å². The van der Waals surface area contributed by atoms with Gasteiger partial charge in [-0.1, -0.05) is 0 Å². The van der Waals surface area contributed by atoms with E-state index in [4.69, 9.17) is 9.47 Å².